The Labute approximate surface area is 157 Å². The monoisotopic (exact) mass is 391 g/mol. The van der Waals surface area contributed by atoms with Crippen molar-refractivity contribution in [1.29, 1.82) is 0 Å². The second-order valence-corrected chi connectivity index (χ2v) is 7.18. The lowest BCUT2D eigenvalue weighted by Gasteiger charge is -2.24. The third kappa shape index (κ3) is 3.49. The van der Waals surface area contributed by atoms with Crippen LogP contribution < -0.4 is 0 Å². The summed E-state index contributed by atoms with van der Waals surface area (Å²) in [6, 6.07) is 9.54. The van der Waals surface area contributed by atoms with Crippen molar-refractivity contribution in [3.63, 3.8) is 0 Å². The molecule has 4 nitrogen and oxygen atoms in total. The highest BCUT2D eigenvalue weighted by molar-refractivity contribution is 7.08. The Bertz CT molecular complexity index is 932. The molecule has 0 aliphatic carbocycles. The molecule has 0 spiro atoms. The second-order valence-electron chi connectivity index (χ2n) is 6.40. The summed E-state index contributed by atoms with van der Waals surface area (Å²) in [5.74, 6) is -0.0632. The van der Waals surface area contributed by atoms with Crippen LogP contribution in [-0.4, -0.2) is 27.1 Å². The van der Waals surface area contributed by atoms with Gasteiger partial charge in [0.25, 0.3) is 5.91 Å². The Morgan fingerprint density at radius 1 is 1.15 bits per heavy atom. The summed E-state index contributed by atoms with van der Waals surface area (Å²) in [6.07, 6.45) is -1.33. The highest BCUT2D eigenvalue weighted by Crippen LogP contribution is 2.34. The van der Waals surface area contributed by atoms with E-state index in [0.717, 1.165) is 29.2 Å². The van der Waals surface area contributed by atoms with Crippen molar-refractivity contribution in [1.82, 2.24) is 14.7 Å². The molecule has 8 heteroatoms. The Kier molecular flexibility index (Phi) is 4.51. The fourth-order valence-corrected chi connectivity index (χ4v) is 4.07. The first kappa shape index (κ1) is 17.8. The first-order chi connectivity index (χ1) is 12.9. The van der Waals surface area contributed by atoms with Crippen LogP contribution in [-0.2, 0) is 6.18 Å². The molecule has 1 fully saturated rings. The van der Waals surface area contributed by atoms with E-state index in [0.29, 0.717) is 17.8 Å². The molecular weight excluding hydrogens is 375 g/mol. The first-order valence-electron chi connectivity index (χ1n) is 8.50. The molecule has 3 aromatic rings. The molecule has 3 heterocycles. The van der Waals surface area contributed by atoms with Gasteiger partial charge in [0.15, 0.2) is 5.69 Å². The van der Waals surface area contributed by atoms with Crippen molar-refractivity contribution >= 4 is 17.2 Å². The Morgan fingerprint density at radius 3 is 2.56 bits per heavy atom. The van der Waals surface area contributed by atoms with E-state index >= 15 is 0 Å². The number of carbonyl (C=O) groups is 1. The van der Waals surface area contributed by atoms with Crippen LogP contribution in [0, 0.1) is 0 Å². The van der Waals surface area contributed by atoms with Crippen LogP contribution in [0.5, 0.6) is 0 Å². The smallest absolute Gasteiger partial charge is 0.332 e. The summed E-state index contributed by atoms with van der Waals surface area (Å²) in [5, 5.41) is 7.62. The van der Waals surface area contributed by atoms with Crippen LogP contribution in [0.4, 0.5) is 13.2 Å². The number of nitrogens with zero attached hydrogens (tertiary/aromatic N) is 3. The maximum atomic E-state index is 12.9. The highest BCUT2D eigenvalue weighted by Gasteiger charge is 2.34. The summed E-state index contributed by atoms with van der Waals surface area (Å²) in [7, 11) is 0. The summed E-state index contributed by atoms with van der Waals surface area (Å²) in [6.45, 7) is 0.704. The molecule has 1 saturated heterocycles. The minimum Gasteiger partial charge on any atom is -0.332 e. The molecule has 1 atom stereocenters. The van der Waals surface area contributed by atoms with E-state index in [1.807, 2.05) is 16.3 Å². The van der Waals surface area contributed by atoms with Crippen LogP contribution in [0.15, 0.2) is 53.4 Å². The minimum atomic E-state index is -4.48. The third-order valence-electron chi connectivity index (χ3n) is 4.70. The molecule has 2 aromatic heterocycles. The maximum Gasteiger partial charge on any atom is 0.435 e. The van der Waals surface area contributed by atoms with Gasteiger partial charge in [-0.15, -0.1) is 0 Å². The molecular formula is C19H16F3N3OS. The van der Waals surface area contributed by atoms with Crippen LogP contribution >= 0.6 is 11.3 Å². The number of hydrogen-bond donors (Lipinski definition) is 0. The van der Waals surface area contributed by atoms with E-state index in [-0.39, 0.29) is 11.9 Å². The third-order valence-corrected chi connectivity index (χ3v) is 5.40. The number of thiophene rings is 1. The lowest BCUT2D eigenvalue weighted by molar-refractivity contribution is -0.141. The quantitative estimate of drug-likeness (QED) is 0.635. The van der Waals surface area contributed by atoms with Gasteiger partial charge in [0.2, 0.25) is 0 Å². The lowest BCUT2D eigenvalue weighted by Crippen LogP contribution is -2.30. The van der Waals surface area contributed by atoms with Gasteiger partial charge < -0.3 is 4.90 Å². The molecule has 1 aromatic carbocycles. The minimum absolute atomic E-state index is 0.0632. The first-order valence-corrected chi connectivity index (χ1v) is 9.44. The van der Waals surface area contributed by atoms with Gasteiger partial charge in [-0.05, 0) is 65.6 Å². The fraction of sp³-hybridized carbons (Fsp3) is 0.263. The molecule has 1 aliphatic rings. The second kappa shape index (κ2) is 6.84. The molecule has 1 unspecified atom stereocenters. The van der Waals surface area contributed by atoms with Gasteiger partial charge in [-0.3, -0.25) is 4.79 Å². The van der Waals surface area contributed by atoms with Gasteiger partial charge in [0, 0.05) is 18.3 Å². The van der Waals surface area contributed by atoms with Crippen molar-refractivity contribution in [2.75, 3.05) is 6.54 Å². The predicted molar refractivity (Wildman–Crippen MR) is 95.9 cm³/mol. The number of halogens is 3. The number of benzene rings is 1. The van der Waals surface area contributed by atoms with Crippen LogP contribution in [0.25, 0.3) is 5.69 Å². The zero-order valence-electron chi connectivity index (χ0n) is 14.2. The topological polar surface area (TPSA) is 38.1 Å². The van der Waals surface area contributed by atoms with Crippen molar-refractivity contribution < 1.29 is 18.0 Å². The van der Waals surface area contributed by atoms with E-state index in [1.165, 1.54) is 6.20 Å². The van der Waals surface area contributed by atoms with E-state index in [2.05, 4.69) is 10.5 Å². The van der Waals surface area contributed by atoms with Crippen LogP contribution in [0.2, 0.25) is 0 Å². The Morgan fingerprint density at radius 2 is 1.93 bits per heavy atom. The number of hydrogen-bond acceptors (Lipinski definition) is 3. The van der Waals surface area contributed by atoms with Crippen molar-refractivity contribution in [3.8, 4) is 5.69 Å². The normalized spacial score (nSPS) is 17.4. The zero-order chi connectivity index (χ0) is 19.0. The molecule has 0 N–H and O–H groups in total. The zero-order valence-corrected chi connectivity index (χ0v) is 15.0. The van der Waals surface area contributed by atoms with E-state index in [9.17, 15) is 18.0 Å². The molecule has 1 aliphatic heterocycles. The molecule has 0 bridgehead atoms. The average molecular weight is 391 g/mol. The number of likely N-dealkylation sites (tertiary alicyclic amines) is 1. The van der Waals surface area contributed by atoms with E-state index in [4.69, 9.17) is 0 Å². The summed E-state index contributed by atoms with van der Waals surface area (Å²) < 4.78 is 39.2. The number of alkyl halides is 3. The SMILES string of the molecule is O=C(c1ccc(-n2ccc(C(F)(F)F)n2)cc1)N1CCCC1c1ccsc1. The van der Waals surface area contributed by atoms with Gasteiger partial charge in [-0.2, -0.15) is 29.6 Å². The van der Waals surface area contributed by atoms with E-state index < -0.39 is 11.9 Å². The Hall–Kier alpha value is -2.61. The molecule has 140 valence electrons. The van der Waals surface area contributed by atoms with Gasteiger partial charge in [0.05, 0.1) is 11.7 Å². The van der Waals surface area contributed by atoms with Crippen LogP contribution in [0.1, 0.15) is 40.5 Å². The molecule has 27 heavy (non-hydrogen) atoms. The number of aromatic nitrogens is 2. The largest absolute Gasteiger partial charge is 0.435 e. The van der Waals surface area contributed by atoms with Gasteiger partial charge in [-0.25, -0.2) is 4.68 Å². The van der Waals surface area contributed by atoms with Gasteiger partial charge in [-0.1, -0.05) is 0 Å². The number of amides is 1. The summed E-state index contributed by atoms with van der Waals surface area (Å²) >= 11 is 1.61. The van der Waals surface area contributed by atoms with Crippen molar-refractivity contribution in [2.45, 2.75) is 25.1 Å². The van der Waals surface area contributed by atoms with Gasteiger partial charge >= 0.3 is 6.18 Å². The summed E-state index contributed by atoms with van der Waals surface area (Å²) in [5.41, 5.74) is 1.19. The predicted octanol–water partition coefficient (Wildman–Crippen LogP) is 4.93. The van der Waals surface area contributed by atoms with Crippen LogP contribution in [0.3, 0.4) is 0 Å². The fourth-order valence-electron chi connectivity index (χ4n) is 3.36. The average Bonchev–Trinajstić information content (AvgIpc) is 3.41. The van der Waals surface area contributed by atoms with E-state index in [1.54, 1.807) is 35.6 Å². The highest BCUT2D eigenvalue weighted by atomic mass is 32.1. The molecule has 1 amide bonds. The molecule has 4 rings (SSSR count). The molecule has 0 saturated carbocycles. The van der Waals surface area contributed by atoms with Crippen molar-refractivity contribution in [2.24, 2.45) is 0 Å². The maximum absolute atomic E-state index is 12.9. The van der Waals surface area contributed by atoms with Crippen molar-refractivity contribution in [3.05, 3.63) is 70.2 Å². The lowest BCUT2D eigenvalue weighted by atomic mass is 10.1. The molecule has 0 radical (unpaired) electrons. The number of carbonyl (C=O) groups excluding carboxylic acids is 1. The van der Waals surface area contributed by atoms with Gasteiger partial charge in [0.1, 0.15) is 0 Å². The summed E-state index contributed by atoms with van der Waals surface area (Å²) in [4.78, 5) is 14.8. The standard InChI is InChI=1S/C19H16F3N3OS/c20-19(21,22)17-7-10-25(23-17)15-5-3-13(4-6-15)18(26)24-9-1-2-16(24)14-8-11-27-12-14/h3-8,10-12,16H,1-2,9H2. The number of rotatable bonds is 3. The Balaban J connectivity index is 1.53.